The molecule has 2 aromatic carbocycles. The topological polar surface area (TPSA) is 103 Å². The molecule has 3 aromatic rings. The van der Waals surface area contributed by atoms with Crippen molar-refractivity contribution in [2.75, 3.05) is 5.32 Å². The number of rotatable bonds is 4. The number of anilines is 1. The molecule has 120 valence electrons. The van der Waals surface area contributed by atoms with Crippen molar-refractivity contribution >= 4 is 28.9 Å². The molecule has 1 amide bonds. The smallest absolute Gasteiger partial charge is 0.270 e. The minimum Gasteiger partial charge on any atom is -0.322 e. The average molecular weight is 344 g/mol. The Balaban J connectivity index is 1.80. The Morgan fingerprint density at radius 1 is 1.21 bits per heavy atom. The normalized spacial score (nSPS) is 10.4. The first kappa shape index (κ1) is 15.6. The highest BCUT2D eigenvalue weighted by molar-refractivity contribution is 6.34. The van der Waals surface area contributed by atoms with E-state index in [4.69, 9.17) is 11.6 Å². The second-order valence-electron chi connectivity index (χ2n) is 4.76. The van der Waals surface area contributed by atoms with Gasteiger partial charge in [-0.3, -0.25) is 14.9 Å². The van der Waals surface area contributed by atoms with E-state index in [1.54, 1.807) is 35.3 Å². The molecule has 0 bridgehead atoms. The van der Waals surface area contributed by atoms with Crippen LogP contribution in [0, 0.1) is 10.1 Å². The number of non-ortho nitro benzene ring substituents is 1. The molecule has 0 saturated carbocycles. The first-order valence-corrected chi connectivity index (χ1v) is 7.13. The van der Waals surface area contributed by atoms with Crippen molar-refractivity contribution in [1.29, 1.82) is 0 Å². The van der Waals surface area contributed by atoms with Crippen LogP contribution in [0.3, 0.4) is 0 Å². The van der Waals surface area contributed by atoms with Crippen LogP contribution in [0.5, 0.6) is 0 Å². The van der Waals surface area contributed by atoms with E-state index in [0.717, 1.165) is 11.8 Å². The van der Waals surface area contributed by atoms with Crippen LogP contribution in [-0.2, 0) is 0 Å². The van der Waals surface area contributed by atoms with Crippen LogP contribution in [0.4, 0.5) is 11.4 Å². The summed E-state index contributed by atoms with van der Waals surface area (Å²) in [5, 5.41) is 17.6. The van der Waals surface area contributed by atoms with Gasteiger partial charge in [-0.2, -0.15) is 5.10 Å². The van der Waals surface area contributed by atoms with Crippen molar-refractivity contribution in [2.24, 2.45) is 0 Å². The Morgan fingerprint density at radius 3 is 2.58 bits per heavy atom. The van der Waals surface area contributed by atoms with Crippen LogP contribution in [0.2, 0.25) is 5.02 Å². The molecule has 1 heterocycles. The third kappa shape index (κ3) is 3.23. The molecule has 24 heavy (non-hydrogen) atoms. The van der Waals surface area contributed by atoms with Crippen LogP contribution in [0.1, 0.15) is 10.4 Å². The molecule has 0 saturated heterocycles. The molecular weight excluding hydrogens is 334 g/mol. The molecule has 0 spiro atoms. The minimum atomic E-state index is -0.583. The van der Waals surface area contributed by atoms with Gasteiger partial charge in [0.05, 0.1) is 21.2 Å². The standard InChI is InChI=1S/C15H10ClN5O3/c16-14-6-5-12(21(23)24)7-13(14)15(22)19-10-1-3-11(4-2-10)20-9-17-8-18-20/h1-9H,(H,19,22). The van der Waals surface area contributed by atoms with Crippen LogP contribution in [0.25, 0.3) is 5.69 Å². The second-order valence-corrected chi connectivity index (χ2v) is 5.17. The third-order valence-electron chi connectivity index (χ3n) is 3.21. The number of amides is 1. The number of benzene rings is 2. The van der Waals surface area contributed by atoms with E-state index >= 15 is 0 Å². The van der Waals surface area contributed by atoms with Gasteiger partial charge in [-0.05, 0) is 30.3 Å². The molecule has 0 aliphatic carbocycles. The lowest BCUT2D eigenvalue weighted by atomic mass is 10.2. The molecule has 0 aliphatic rings. The molecule has 0 aliphatic heterocycles. The van der Waals surface area contributed by atoms with Crippen LogP contribution in [0.15, 0.2) is 55.1 Å². The highest BCUT2D eigenvalue weighted by Gasteiger charge is 2.16. The van der Waals surface area contributed by atoms with E-state index < -0.39 is 10.8 Å². The van der Waals surface area contributed by atoms with E-state index in [-0.39, 0.29) is 16.3 Å². The molecule has 9 heteroatoms. The van der Waals surface area contributed by atoms with Crippen LogP contribution in [-0.4, -0.2) is 25.6 Å². The molecular formula is C15H10ClN5O3. The van der Waals surface area contributed by atoms with Gasteiger partial charge in [0.1, 0.15) is 12.7 Å². The number of carbonyl (C=O) groups excluding carboxylic acids is 1. The summed E-state index contributed by atoms with van der Waals surface area (Å²) in [5.41, 5.74) is 1.13. The Kier molecular flexibility index (Phi) is 4.21. The average Bonchev–Trinajstić information content (AvgIpc) is 3.10. The van der Waals surface area contributed by atoms with Crippen molar-refractivity contribution in [3.05, 3.63) is 75.8 Å². The van der Waals surface area contributed by atoms with Gasteiger partial charge in [-0.25, -0.2) is 9.67 Å². The fourth-order valence-corrected chi connectivity index (χ4v) is 2.24. The number of aromatic nitrogens is 3. The number of hydrogen-bond donors (Lipinski definition) is 1. The second kappa shape index (κ2) is 6.47. The summed E-state index contributed by atoms with van der Waals surface area (Å²) in [4.78, 5) is 26.4. The molecule has 0 fully saturated rings. The number of nitro groups is 1. The maximum atomic E-state index is 12.3. The Hall–Kier alpha value is -3.26. The summed E-state index contributed by atoms with van der Waals surface area (Å²) in [5.74, 6) is -0.530. The van der Waals surface area contributed by atoms with Gasteiger partial charge in [-0.15, -0.1) is 0 Å². The molecule has 1 aromatic heterocycles. The van der Waals surface area contributed by atoms with Gasteiger partial charge < -0.3 is 5.32 Å². The third-order valence-corrected chi connectivity index (χ3v) is 3.54. The number of nitrogens with zero attached hydrogens (tertiary/aromatic N) is 4. The maximum Gasteiger partial charge on any atom is 0.270 e. The number of hydrogen-bond acceptors (Lipinski definition) is 5. The van der Waals surface area contributed by atoms with Crippen molar-refractivity contribution < 1.29 is 9.72 Å². The Bertz CT molecular complexity index is 894. The quantitative estimate of drug-likeness (QED) is 0.579. The zero-order valence-electron chi connectivity index (χ0n) is 12.1. The molecule has 3 rings (SSSR count). The molecule has 0 radical (unpaired) electrons. The fraction of sp³-hybridized carbons (Fsp3) is 0. The van der Waals surface area contributed by atoms with Gasteiger partial charge in [0.2, 0.25) is 0 Å². The van der Waals surface area contributed by atoms with E-state index in [1.165, 1.54) is 18.5 Å². The lowest BCUT2D eigenvalue weighted by Gasteiger charge is -2.08. The summed E-state index contributed by atoms with van der Waals surface area (Å²) in [6, 6.07) is 10.6. The van der Waals surface area contributed by atoms with Gasteiger partial charge in [-0.1, -0.05) is 11.6 Å². The van der Waals surface area contributed by atoms with Crippen molar-refractivity contribution in [3.8, 4) is 5.69 Å². The predicted molar refractivity (Wildman–Crippen MR) is 87.4 cm³/mol. The van der Waals surface area contributed by atoms with Crippen LogP contribution < -0.4 is 5.32 Å². The number of nitrogens with one attached hydrogen (secondary N) is 1. The van der Waals surface area contributed by atoms with Gasteiger partial charge in [0.25, 0.3) is 11.6 Å². The summed E-state index contributed by atoms with van der Waals surface area (Å²) in [6.07, 6.45) is 2.97. The first-order chi connectivity index (χ1) is 11.5. The maximum absolute atomic E-state index is 12.3. The number of halogens is 1. The number of carbonyl (C=O) groups is 1. The number of nitro benzene ring substituents is 1. The zero-order chi connectivity index (χ0) is 17.1. The van der Waals surface area contributed by atoms with E-state index in [0.29, 0.717) is 5.69 Å². The lowest BCUT2D eigenvalue weighted by molar-refractivity contribution is -0.384. The van der Waals surface area contributed by atoms with Gasteiger partial charge >= 0.3 is 0 Å². The molecule has 0 unspecified atom stereocenters. The van der Waals surface area contributed by atoms with Gasteiger partial charge in [0.15, 0.2) is 0 Å². The van der Waals surface area contributed by atoms with Gasteiger partial charge in [0, 0.05) is 17.8 Å². The largest absolute Gasteiger partial charge is 0.322 e. The van der Waals surface area contributed by atoms with Crippen molar-refractivity contribution in [3.63, 3.8) is 0 Å². The monoisotopic (exact) mass is 343 g/mol. The Labute approximate surface area is 140 Å². The highest BCUT2D eigenvalue weighted by atomic mass is 35.5. The predicted octanol–water partition coefficient (Wildman–Crippen LogP) is 3.08. The Morgan fingerprint density at radius 2 is 1.96 bits per heavy atom. The highest BCUT2D eigenvalue weighted by Crippen LogP contribution is 2.23. The zero-order valence-corrected chi connectivity index (χ0v) is 12.8. The van der Waals surface area contributed by atoms with Crippen LogP contribution >= 0.6 is 11.6 Å². The molecule has 0 atom stereocenters. The lowest BCUT2D eigenvalue weighted by Crippen LogP contribution is -2.13. The summed E-state index contributed by atoms with van der Waals surface area (Å²) in [6.45, 7) is 0. The summed E-state index contributed by atoms with van der Waals surface area (Å²) < 4.78 is 1.57. The molecule has 8 nitrogen and oxygen atoms in total. The first-order valence-electron chi connectivity index (χ1n) is 6.75. The summed E-state index contributed by atoms with van der Waals surface area (Å²) >= 11 is 5.95. The SMILES string of the molecule is O=C(Nc1ccc(-n2cncn2)cc1)c1cc([N+](=O)[O-])ccc1Cl. The van der Waals surface area contributed by atoms with Crippen molar-refractivity contribution in [1.82, 2.24) is 14.8 Å². The van der Waals surface area contributed by atoms with Crippen molar-refractivity contribution in [2.45, 2.75) is 0 Å². The van der Waals surface area contributed by atoms with E-state index in [2.05, 4.69) is 15.4 Å². The summed E-state index contributed by atoms with van der Waals surface area (Å²) in [7, 11) is 0. The van der Waals surface area contributed by atoms with E-state index in [9.17, 15) is 14.9 Å². The minimum absolute atomic E-state index is 0.0335. The van der Waals surface area contributed by atoms with E-state index in [1.807, 2.05) is 0 Å². The molecule has 1 N–H and O–H groups in total. The fourth-order valence-electron chi connectivity index (χ4n) is 2.04.